The number of carbonyl (C=O) groups is 1. The van der Waals surface area contributed by atoms with E-state index in [4.69, 9.17) is 4.74 Å². The molecule has 6 nitrogen and oxygen atoms in total. The molecule has 7 heteroatoms. The topological polar surface area (TPSA) is 57.7 Å². The lowest BCUT2D eigenvalue weighted by Gasteiger charge is -2.48. The molecular formula is C17H28N4O2S. The van der Waals surface area contributed by atoms with Crippen LogP contribution in [-0.2, 0) is 11.3 Å². The molecule has 2 amide bonds. The highest BCUT2D eigenvalue weighted by atomic mass is 32.1. The molecule has 3 rings (SSSR count). The van der Waals surface area contributed by atoms with Crippen LogP contribution in [0.15, 0.2) is 5.38 Å². The van der Waals surface area contributed by atoms with Crippen LogP contribution in [0.2, 0.25) is 0 Å². The van der Waals surface area contributed by atoms with Gasteiger partial charge in [-0.2, -0.15) is 0 Å². The highest BCUT2D eigenvalue weighted by Gasteiger charge is 2.41. The van der Waals surface area contributed by atoms with E-state index in [1.165, 1.54) is 0 Å². The van der Waals surface area contributed by atoms with E-state index in [0.29, 0.717) is 19.7 Å². The van der Waals surface area contributed by atoms with Gasteiger partial charge >= 0.3 is 6.03 Å². The molecule has 1 aromatic heterocycles. The van der Waals surface area contributed by atoms with Crippen molar-refractivity contribution in [3.8, 4) is 0 Å². The fourth-order valence-electron chi connectivity index (χ4n) is 3.64. The van der Waals surface area contributed by atoms with Crippen molar-refractivity contribution in [2.75, 3.05) is 32.8 Å². The third kappa shape index (κ3) is 4.26. The fraction of sp³-hybridized carbons (Fsp3) is 0.765. The molecule has 0 bridgehead atoms. The number of rotatable bonds is 3. The largest absolute Gasteiger partial charge is 0.370 e. The van der Waals surface area contributed by atoms with E-state index in [-0.39, 0.29) is 17.7 Å². The lowest BCUT2D eigenvalue weighted by Crippen LogP contribution is -2.62. The number of hydrogen-bond acceptors (Lipinski definition) is 5. The zero-order chi connectivity index (χ0) is 17.2. The third-order valence-corrected chi connectivity index (χ3v) is 5.44. The summed E-state index contributed by atoms with van der Waals surface area (Å²) >= 11 is 1.70. The van der Waals surface area contributed by atoms with Crippen LogP contribution in [0.3, 0.4) is 0 Å². The van der Waals surface area contributed by atoms with E-state index >= 15 is 0 Å². The quantitative estimate of drug-likeness (QED) is 0.906. The molecule has 1 N–H and O–H groups in total. The molecule has 2 saturated heterocycles. The lowest BCUT2D eigenvalue weighted by molar-refractivity contribution is -0.131. The molecule has 1 aromatic rings. The minimum atomic E-state index is -0.226. The van der Waals surface area contributed by atoms with Gasteiger partial charge in [0.1, 0.15) is 0 Å². The molecular weight excluding hydrogens is 324 g/mol. The third-order valence-electron chi connectivity index (χ3n) is 4.62. The zero-order valence-corrected chi connectivity index (χ0v) is 15.7. The van der Waals surface area contributed by atoms with E-state index in [1.807, 2.05) is 25.7 Å². The first kappa shape index (κ1) is 17.6. The number of ether oxygens (including phenoxy) is 1. The predicted octanol–water partition coefficient (Wildman–Crippen LogP) is 2.24. The van der Waals surface area contributed by atoms with Crippen LogP contribution in [0.25, 0.3) is 0 Å². The van der Waals surface area contributed by atoms with Gasteiger partial charge in [0, 0.05) is 31.1 Å². The highest BCUT2D eigenvalue weighted by Crippen LogP contribution is 2.30. The number of morpholine rings is 1. The van der Waals surface area contributed by atoms with Gasteiger partial charge in [-0.3, -0.25) is 4.90 Å². The second kappa shape index (κ2) is 7.37. The van der Waals surface area contributed by atoms with Gasteiger partial charge in [0.2, 0.25) is 0 Å². The van der Waals surface area contributed by atoms with E-state index in [1.54, 1.807) is 11.3 Å². The van der Waals surface area contributed by atoms with Gasteiger partial charge in [-0.05, 0) is 40.2 Å². The van der Waals surface area contributed by atoms with Crippen LogP contribution in [0, 0.1) is 6.92 Å². The normalized spacial score (nSPS) is 25.4. The Balaban J connectivity index is 1.62. The Bertz CT molecular complexity index is 573. The summed E-state index contributed by atoms with van der Waals surface area (Å²) < 4.78 is 6.18. The van der Waals surface area contributed by atoms with Gasteiger partial charge in [-0.25, -0.2) is 9.78 Å². The van der Waals surface area contributed by atoms with Gasteiger partial charge in [0.25, 0.3) is 0 Å². The summed E-state index contributed by atoms with van der Waals surface area (Å²) in [6, 6.07) is 0.187. The van der Waals surface area contributed by atoms with Crippen LogP contribution in [0.5, 0.6) is 0 Å². The number of aromatic nitrogens is 1. The minimum Gasteiger partial charge on any atom is -0.370 e. The Morgan fingerprint density at radius 3 is 3.00 bits per heavy atom. The maximum atomic E-state index is 12.3. The maximum absolute atomic E-state index is 12.3. The number of piperidine rings is 1. The first-order valence-corrected chi connectivity index (χ1v) is 9.66. The van der Waals surface area contributed by atoms with Crippen molar-refractivity contribution >= 4 is 17.4 Å². The monoisotopic (exact) mass is 352 g/mol. The lowest BCUT2D eigenvalue weighted by atomic mass is 9.90. The molecule has 0 saturated carbocycles. The number of urea groups is 1. The molecule has 0 radical (unpaired) electrons. The Morgan fingerprint density at radius 2 is 2.29 bits per heavy atom. The Morgan fingerprint density at radius 1 is 1.46 bits per heavy atom. The molecule has 1 spiro atoms. The summed E-state index contributed by atoms with van der Waals surface area (Å²) in [4.78, 5) is 21.3. The molecule has 2 aliphatic rings. The molecule has 24 heavy (non-hydrogen) atoms. The van der Waals surface area contributed by atoms with Gasteiger partial charge < -0.3 is 15.0 Å². The second-order valence-corrected chi connectivity index (χ2v) is 8.29. The SMILES string of the molecule is Cc1nc(CN2CCC[C@@]3(C2)CN(C(=O)NC(C)C)CCO3)cs1. The van der Waals surface area contributed by atoms with Crippen LogP contribution in [0.1, 0.15) is 37.4 Å². The predicted molar refractivity (Wildman–Crippen MR) is 95.3 cm³/mol. The average molecular weight is 353 g/mol. The van der Waals surface area contributed by atoms with E-state index in [0.717, 1.165) is 43.2 Å². The van der Waals surface area contributed by atoms with Crippen LogP contribution < -0.4 is 5.32 Å². The van der Waals surface area contributed by atoms with Crippen LogP contribution in [-0.4, -0.2) is 65.2 Å². The zero-order valence-electron chi connectivity index (χ0n) is 14.9. The second-order valence-electron chi connectivity index (χ2n) is 7.23. The number of thiazole rings is 1. The van der Waals surface area contributed by atoms with E-state index in [2.05, 4.69) is 20.6 Å². The Hall–Kier alpha value is -1.18. The smallest absolute Gasteiger partial charge is 0.317 e. The molecule has 2 aliphatic heterocycles. The molecule has 0 unspecified atom stereocenters. The van der Waals surface area contributed by atoms with E-state index < -0.39 is 0 Å². The molecule has 0 aliphatic carbocycles. The van der Waals surface area contributed by atoms with Gasteiger partial charge in [-0.15, -0.1) is 11.3 Å². The summed E-state index contributed by atoms with van der Waals surface area (Å²) in [6.45, 7) is 10.8. The number of aryl methyl sites for hydroxylation is 1. The van der Waals surface area contributed by atoms with Gasteiger partial charge in [-0.1, -0.05) is 0 Å². The van der Waals surface area contributed by atoms with Crippen molar-refractivity contribution in [1.29, 1.82) is 0 Å². The van der Waals surface area contributed by atoms with E-state index in [9.17, 15) is 4.79 Å². The summed E-state index contributed by atoms with van der Waals surface area (Å²) in [5, 5.41) is 6.25. The number of nitrogens with zero attached hydrogens (tertiary/aromatic N) is 3. The van der Waals surface area contributed by atoms with Crippen molar-refractivity contribution in [3.05, 3.63) is 16.1 Å². The molecule has 134 valence electrons. The van der Waals surface area contributed by atoms with Crippen LogP contribution >= 0.6 is 11.3 Å². The summed E-state index contributed by atoms with van der Waals surface area (Å²) in [6.07, 6.45) is 2.12. The Kier molecular flexibility index (Phi) is 5.42. The average Bonchev–Trinajstić information content (AvgIpc) is 2.92. The standard InChI is InChI=1S/C17H28N4O2S/c1-13(2)18-16(22)21-7-8-23-17(12-21)5-4-6-20(11-17)9-15-10-24-14(3)19-15/h10,13H,4-9,11-12H2,1-3H3,(H,18,22)/t17-/m1/s1. The maximum Gasteiger partial charge on any atom is 0.317 e. The summed E-state index contributed by atoms with van der Waals surface area (Å²) in [7, 11) is 0. The number of nitrogens with one attached hydrogen (secondary N) is 1. The first-order chi connectivity index (χ1) is 11.5. The summed E-state index contributed by atoms with van der Waals surface area (Å²) in [5.74, 6) is 0. The van der Waals surface area contributed by atoms with Crippen LogP contribution in [0.4, 0.5) is 4.79 Å². The Labute approximate surface area is 148 Å². The number of carbonyl (C=O) groups excluding carboxylic acids is 1. The molecule has 3 heterocycles. The number of hydrogen-bond donors (Lipinski definition) is 1. The van der Waals surface area contributed by atoms with Crippen molar-refractivity contribution < 1.29 is 9.53 Å². The highest BCUT2D eigenvalue weighted by molar-refractivity contribution is 7.09. The fourth-order valence-corrected chi connectivity index (χ4v) is 4.24. The van der Waals surface area contributed by atoms with Gasteiger partial charge in [0.15, 0.2) is 0 Å². The number of likely N-dealkylation sites (tertiary alicyclic amines) is 1. The molecule has 0 aromatic carbocycles. The molecule has 2 fully saturated rings. The molecule has 1 atom stereocenters. The van der Waals surface area contributed by atoms with Crippen molar-refractivity contribution in [2.45, 2.75) is 51.8 Å². The van der Waals surface area contributed by atoms with Crippen molar-refractivity contribution in [2.24, 2.45) is 0 Å². The van der Waals surface area contributed by atoms with Crippen molar-refractivity contribution in [3.63, 3.8) is 0 Å². The first-order valence-electron chi connectivity index (χ1n) is 8.78. The van der Waals surface area contributed by atoms with Gasteiger partial charge in [0.05, 0.1) is 29.5 Å². The summed E-state index contributed by atoms with van der Waals surface area (Å²) in [5.41, 5.74) is 0.912. The minimum absolute atomic E-state index is 0.0277. The number of amides is 2. The van der Waals surface area contributed by atoms with Crippen molar-refractivity contribution in [1.82, 2.24) is 20.1 Å².